The van der Waals surface area contributed by atoms with E-state index in [0.717, 1.165) is 11.1 Å². The van der Waals surface area contributed by atoms with Crippen LogP contribution in [0.5, 0.6) is 5.75 Å². The summed E-state index contributed by atoms with van der Waals surface area (Å²) in [5.74, 6) is -0.855. The van der Waals surface area contributed by atoms with Crippen molar-refractivity contribution in [1.82, 2.24) is 0 Å². The van der Waals surface area contributed by atoms with E-state index >= 15 is 0 Å². The fourth-order valence-electron chi connectivity index (χ4n) is 3.10. The van der Waals surface area contributed by atoms with E-state index in [1.807, 2.05) is 26.0 Å². The van der Waals surface area contributed by atoms with E-state index in [2.05, 4.69) is 0 Å². The number of nitrogens with zero attached hydrogens (tertiary/aromatic N) is 2. The molecule has 1 aliphatic rings. The van der Waals surface area contributed by atoms with Crippen molar-refractivity contribution in [3.63, 3.8) is 0 Å². The number of nitro groups is 1. The highest BCUT2D eigenvalue weighted by molar-refractivity contribution is 6.00. The van der Waals surface area contributed by atoms with Gasteiger partial charge in [0.05, 0.1) is 16.5 Å². The van der Waals surface area contributed by atoms with Crippen LogP contribution in [-0.4, -0.2) is 23.3 Å². The zero-order chi connectivity index (χ0) is 19.7. The summed E-state index contributed by atoms with van der Waals surface area (Å²) in [5.41, 5.74) is 2.76. The number of amides is 1. The van der Waals surface area contributed by atoms with Gasteiger partial charge >= 0.3 is 5.97 Å². The van der Waals surface area contributed by atoms with Crippen LogP contribution >= 0.6 is 0 Å². The number of rotatable bonds is 4. The molecule has 7 heteroatoms. The molecule has 0 aromatic heterocycles. The first-order valence-electron chi connectivity index (χ1n) is 8.61. The molecule has 2 aromatic carbocycles. The minimum absolute atomic E-state index is 0.0192. The average molecular weight is 368 g/mol. The van der Waals surface area contributed by atoms with E-state index in [9.17, 15) is 19.7 Å². The number of anilines is 1. The van der Waals surface area contributed by atoms with Crippen molar-refractivity contribution in [3.05, 3.63) is 63.2 Å². The summed E-state index contributed by atoms with van der Waals surface area (Å²) in [6.07, 6.45) is 0.0192. The molecule has 2 aromatic rings. The third-order valence-corrected chi connectivity index (χ3v) is 4.92. The Balaban J connectivity index is 1.77. The van der Waals surface area contributed by atoms with Crippen LogP contribution in [0.4, 0.5) is 11.4 Å². The molecule has 7 nitrogen and oxygen atoms in total. The molecule has 27 heavy (non-hydrogen) atoms. The minimum atomic E-state index is -0.613. The lowest BCUT2D eigenvalue weighted by Crippen LogP contribution is -2.27. The Morgan fingerprint density at radius 3 is 2.63 bits per heavy atom. The lowest BCUT2D eigenvalue weighted by molar-refractivity contribution is -0.385. The van der Waals surface area contributed by atoms with E-state index < -0.39 is 16.8 Å². The molecule has 0 spiro atoms. The SMILES string of the molecule is Cc1ccc(N2C[C@@H](C(=O)Oc3cccc(C)c3C)CC2=O)cc1[N+](=O)[O-]. The Bertz CT molecular complexity index is 938. The molecular formula is C20H20N2O5. The van der Waals surface area contributed by atoms with Gasteiger partial charge < -0.3 is 9.64 Å². The Kier molecular flexibility index (Phi) is 4.94. The maximum atomic E-state index is 12.5. The van der Waals surface area contributed by atoms with Gasteiger partial charge in [0.15, 0.2) is 0 Å². The van der Waals surface area contributed by atoms with Gasteiger partial charge in [-0.25, -0.2) is 0 Å². The predicted octanol–water partition coefficient (Wildman–Crippen LogP) is 3.48. The van der Waals surface area contributed by atoms with Crippen molar-refractivity contribution in [2.24, 2.45) is 5.92 Å². The number of esters is 1. The molecular weight excluding hydrogens is 348 g/mol. The number of hydrogen-bond acceptors (Lipinski definition) is 5. The third kappa shape index (κ3) is 3.67. The van der Waals surface area contributed by atoms with Crippen LogP contribution in [0.2, 0.25) is 0 Å². The lowest BCUT2D eigenvalue weighted by atomic mass is 10.1. The number of aryl methyl sites for hydroxylation is 2. The van der Waals surface area contributed by atoms with Crippen molar-refractivity contribution < 1.29 is 19.2 Å². The average Bonchev–Trinajstić information content (AvgIpc) is 3.01. The van der Waals surface area contributed by atoms with Gasteiger partial charge in [-0.15, -0.1) is 0 Å². The van der Waals surface area contributed by atoms with Crippen molar-refractivity contribution in [2.45, 2.75) is 27.2 Å². The number of benzene rings is 2. The number of hydrogen-bond donors (Lipinski definition) is 0. The molecule has 1 heterocycles. The van der Waals surface area contributed by atoms with Gasteiger partial charge in [-0.3, -0.25) is 19.7 Å². The number of carbonyl (C=O) groups excluding carboxylic acids is 2. The monoisotopic (exact) mass is 368 g/mol. The summed E-state index contributed by atoms with van der Waals surface area (Å²) in [6, 6.07) is 10.1. The largest absolute Gasteiger partial charge is 0.426 e. The van der Waals surface area contributed by atoms with Crippen LogP contribution in [0.1, 0.15) is 23.1 Å². The highest BCUT2D eigenvalue weighted by atomic mass is 16.6. The smallest absolute Gasteiger partial charge is 0.316 e. The maximum Gasteiger partial charge on any atom is 0.316 e. The number of carbonyl (C=O) groups is 2. The van der Waals surface area contributed by atoms with E-state index in [1.165, 1.54) is 11.0 Å². The van der Waals surface area contributed by atoms with Gasteiger partial charge in [0, 0.05) is 24.6 Å². The summed E-state index contributed by atoms with van der Waals surface area (Å²) in [7, 11) is 0. The zero-order valence-electron chi connectivity index (χ0n) is 15.4. The Labute approximate surface area is 156 Å². The number of ether oxygens (including phenoxy) is 1. The van der Waals surface area contributed by atoms with Crippen LogP contribution in [0.3, 0.4) is 0 Å². The summed E-state index contributed by atoms with van der Waals surface area (Å²) in [6.45, 7) is 5.58. The van der Waals surface area contributed by atoms with Crippen molar-refractivity contribution in [1.29, 1.82) is 0 Å². The molecule has 1 fully saturated rings. The van der Waals surface area contributed by atoms with Crippen molar-refractivity contribution in [3.8, 4) is 5.75 Å². The fraction of sp³-hybridized carbons (Fsp3) is 0.300. The highest BCUT2D eigenvalue weighted by Gasteiger charge is 2.37. The normalized spacial score (nSPS) is 16.5. The van der Waals surface area contributed by atoms with Crippen LogP contribution < -0.4 is 9.64 Å². The Hall–Kier alpha value is -3.22. The van der Waals surface area contributed by atoms with E-state index in [0.29, 0.717) is 17.0 Å². The first-order valence-corrected chi connectivity index (χ1v) is 8.61. The van der Waals surface area contributed by atoms with E-state index in [1.54, 1.807) is 25.1 Å². The molecule has 0 unspecified atom stereocenters. The second kappa shape index (κ2) is 7.19. The molecule has 1 amide bonds. The fourth-order valence-corrected chi connectivity index (χ4v) is 3.10. The first kappa shape index (κ1) is 18.6. The van der Waals surface area contributed by atoms with Crippen molar-refractivity contribution in [2.75, 3.05) is 11.4 Å². The molecule has 1 atom stereocenters. The van der Waals surface area contributed by atoms with Crippen LogP contribution in [0.25, 0.3) is 0 Å². The first-order chi connectivity index (χ1) is 12.8. The standard InChI is InChI=1S/C20H20N2O5/c1-12-5-4-6-18(14(12)3)27-20(24)15-9-19(23)21(11-15)16-8-7-13(2)17(10-16)22(25)26/h4-8,10,15H,9,11H2,1-3H3/t15-/m0/s1. The summed E-state index contributed by atoms with van der Waals surface area (Å²) in [4.78, 5) is 37.0. The lowest BCUT2D eigenvalue weighted by Gasteiger charge is -2.17. The zero-order valence-corrected chi connectivity index (χ0v) is 15.4. The van der Waals surface area contributed by atoms with Gasteiger partial charge in [0.25, 0.3) is 5.69 Å². The van der Waals surface area contributed by atoms with Crippen LogP contribution in [0.15, 0.2) is 36.4 Å². The van der Waals surface area contributed by atoms with Gasteiger partial charge in [0.2, 0.25) is 5.91 Å². The quantitative estimate of drug-likeness (QED) is 0.357. The van der Waals surface area contributed by atoms with Crippen LogP contribution in [0, 0.1) is 36.8 Å². The molecule has 0 N–H and O–H groups in total. The molecule has 0 bridgehead atoms. The predicted molar refractivity (Wildman–Crippen MR) is 99.8 cm³/mol. The molecule has 0 saturated carbocycles. The molecule has 0 radical (unpaired) electrons. The van der Waals surface area contributed by atoms with Gasteiger partial charge in [0.1, 0.15) is 5.75 Å². The molecule has 0 aliphatic carbocycles. The Morgan fingerprint density at radius 2 is 1.93 bits per heavy atom. The maximum absolute atomic E-state index is 12.5. The van der Waals surface area contributed by atoms with Gasteiger partial charge in [-0.05, 0) is 44.0 Å². The topological polar surface area (TPSA) is 89.8 Å². The second-order valence-electron chi connectivity index (χ2n) is 6.75. The molecule has 140 valence electrons. The minimum Gasteiger partial charge on any atom is -0.426 e. The summed E-state index contributed by atoms with van der Waals surface area (Å²) in [5, 5.41) is 11.1. The van der Waals surface area contributed by atoms with Crippen LogP contribution in [-0.2, 0) is 9.59 Å². The molecule has 1 saturated heterocycles. The Morgan fingerprint density at radius 1 is 1.19 bits per heavy atom. The molecule has 3 rings (SSSR count). The number of nitro benzene ring substituents is 1. The van der Waals surface area contributed by atoms with Crippen molar-refractivity contribution >= 4 is 23.3 Å². The summed E-state index contributed by atoms with van der Waals surface area (Å²) >= 11 is 0. The summed E-state index contributed by atoms with van der Waals surface area (Å²) < 4.78 is 5.50. The van der Waals surface area contributed by atoms with Gasteiger partial charge in [-0.1, -0.05) is 18.2 Å². The van der Waals surface area contributed by atoms with E-state index in [-0.39, 0.29) is 24.6 Å². The molecule has 1 aliphatic heterocycles. The second-order valence-corrected chi connectivity index (χ2v) is 6.75. The van der Waals surface area contributed by atoms with E-state index in [4.69, 9.17) is 4.74 Å². The highest BCUT2D eigenvalue weighted by Crippen LogP contribution is 2.31. The third-order valence-electron chi connectivity index (χ3n) is 4.92. The van der Waals surface area contributed by atoms with Gasteiger partial charge in [-0.2, -0.15) is 0 Å².